The minimum Gasteiger partial charge on any atom is -0.314 e. The molecule has 1 unspecified atom stereocenters. The number of carbonyl (C=O) groups is 1. The Morgan fingerprint density at radius 2 is 2.09 bits per heavy atom. The molecule has 2 heterocycles. The maximum atomic E-state index is 13.0. The van der Waals surface area contributed by atoms with Crippen LogP contribution in [0, 0.1) is 0 Å². The summed E-state index contributed by atoms with van der Waals surface area (Å²) in [7, 11) is -3.54. The number of fused-ring (bicyclic) bond motifs is 1. The molecule has 1 aromatic carbocycles. The number of amides is 1. The van der Waals surface area contributed by atoms with E-state index in [1.807, 2.05) is 13.0 Å². The third-order valence-corrected chi connectivity index (χ3v) is 6.61. The van der Waals surface area contributed by atoms with Crippen LogP contribution in [0.2, 0.25) is 0 Å². The second-order valence-electron chi connectivity index (χ2n) is 6.23. The molecule has 1 N–H and O–H groups in total. The summed E-state index contributed by atoms with van der Waals surface area (Å²) < 4.78 is 27.5. The van der Waals surface area contributed by atoms with Crippen LogP contribution in [0.15, 0.2) is 23.1 Å². The minimum atomic E-state index is -3.54. The molecule has 0 spiro atoms. The van der Waals surface area contributed by atoms with Gasteiger partial charge in [-0.3, -0.25) is 4.79 Å². The zero-order valence-electron chi connectivity index (χ0n) is 13.6. The van der Waals surface area contributed by atoms with Crippen LogP contribution >= 0.6 is 0 Å². The van der Waals surface area contributed by atoms with Gasteiger partial charge >= 0.3 is 0 Å². The highest BCUT2D eigenvalue weighted by Gasteiger charge is 2.32. The van der Waals surface area contributed by atoms with Crippen LogP contribution in [0.25, 0.3) is 0 Å². The molecule has 2 aliphatic heterocycles. The molecule has 1 amide bonds. The Hall–Kier alpha value is -1.44. The summed E-state index contributed by atoms with van der Waals surface area (Å²) in [4.78, 5) is 13.8. The lowest BCUT2D eigenvalue weighted by molar-refractivity contribution is -0.116. The maximum Gasteiger partial charge on any atom is 0.243 e. The van der Waals surface area contributed by atoms with Crippen molar-refractivity contribution in [1.82, 2.24) is 9.62 Å². The van der Waals surface area contributed by atoms with Gasteiger partial charge in [0.2, 0.25) is 15.9 Å². The fraction of sp³-hybridized carbons (Fsp3) is 0.562. The van der Waals surface area contributed by atoms with E-state index in [0.29, 0.717) is 26.2 Å². The van der Waals surface area contributed by atoms with Crippen LogP contribution in [-0.4, -0.2) is 50.9 Å². The van der Waals surface area contributed by atoms with Crippen molar-refractivity contribution in [2.24, 2.45) is 0 Å². The summed E-state index contributed by atoms with van der Waals surface area (Å²) in [5.74, 6) is -0.0453. The lowest BCUT2D eigenvalue weighted by Crippen LogP contribution is -2.52. The number of carbonyl (C=O) groups excluding carboxylic acids is 1. The SMILES string of the molecule is CC(=O)N1CCCc2ccc(S(=O)(=O)N3CCNCC3C)cc21. The Kier molecular flexibility index (Phi) is 4.44. The molecule has 1 aromatic rings. The molecule has 1 fully saturated rings. The minimum absolute atomic E-state index is 0.0453. The monoisotopic (exact) mass is 337 g/mol. The normalized spacial score (nSPS) is 22.7. The number of nitrogens with one attached hydrogen (secondary N) is 1. The van der Waals surface area contributed by atoms with Gasteiger partial charge in [0.15, 0.2) is 0 Å². The van der Waals surface area contributed by atoms with Gasteiger partial charge < -0.3 is 10.2 Å². The van der Waals surface area contributed by atoms with Crippen LogP contribution in [0.3, 0.4) is 0 Å². The molecule has 126 valence electrons. The Balaban J connectivity index is 2.00. The van der Waals surface area contributed by atoms with Gasteiger partial charge in [-0.1, -0.05) is 6.07 Å². The van der Waals surface area contributed by atoms with Gasteiger partial charge in [0.05, 0.1) is 4.90 Å². The summed E-state index contributed by atoms with van der Waals surface area (Å²) in [6.07, 6.45) is 1.79. The highest BCUT2D eigenvalue weighted by Crippen LogP contribution is 2.31. The Morgan fingerprint density at radius 3 is 2.78 bits per heavy atom. The van der Waals surface area contributed by atoms with E-state index in [0.717, 1.165) is 24.1 Å². The van der Waals surface area contributed by atoms with Crippen molar-refractivity contribution >= 4 is 21.6 Å². The molecule has 7 heteroatoms. The number of piperazine rings is 1. The van der Waals surface area contributed by atoms with Crippen molar-refractivity contribution in [1.29, 1.82) is 0 Å². The molecule has 1 atom stereocenters. The van der Waals surface area contributed by atoms with Crippen molar-refractivity contribution < 1.29 is 13.2 Å². The number of rotatable bonds is 2. The van der Waals surface area contributed by atoms with Gasteiger partial charge in [-0.15, -0.1) is 0 Å². The summed E-state index contributed by atoms with van der Waals surface area (Å²) in [5, 5.41) is 3.20. The van der Waals surface area contributed by atoms with E-state index in [1.165, 1.54) is 6.92 Å². The fourth-order valence-electron chi connectivity index (χ4n) is 3.36. The zero-order valence-corrected chi connectivity index (χ0v) is 14.4. The van der Waals surface area contributed by atoms with Gasteiger partial charge in [0, 0.05) is 44.8 Å². The van der Waals surface area contributed by atoms with Gasteiger partial charge in [0.25, 0.3) is 0 Å². The van der Waals surface area contributed by atoms with E-state index in [-0.39, 0.29) is 16.8 Å². The first-order valence-corrected chi connectivity index (χ1v) is 9.49. The van der Waals surface area contributed by atoms with Crippen molar-refractivity contribution in [3.05, 3.63) is 23.8 Å². The number of hydrogen-bond acceptors (Lipinski definition) is 4. The number of aryl methyl sites for hydroxylation is 1. The fourth-order valence-corrected chi connectivity index (χ4v) is 5.01. The highest BCUT2D eigenvalue weighted by atomic mass is 32.2. The molecule has 3 rings (SSSR count). The quantitative estimate of drug-likeness (QED) is 0.873. The van der Waals surface area contributed by atoms with Crippen LogP contribution < -0.4 is 10.2 Å². The van der Waals surface area contributed by atoms with Crippen LogP contribution in [0.1, 0.15) is 25.8 Å². The Morgan fingerprint density at radius 1 is 1.30 bits per heavy atom. The molecule has 0 saturated carbocycles. The van der Waals surface area contributed by atoms with E-state index in [4.69, 9.17) is 0 Å². The third-order valence-electron chi connectivity index (χ3n) is 4.60. The van der Waals surface area contributed by atoms with Crippen molar-refractivity contribution in [3.63, 3.8) is 0 Å². The first-order chi connectivity index (χ1) is 10.9. The Bertz CT molecular complexity index is 717. The average Bonchev–Trinajstić information content (AvgIpc) is 2.53. The van der Waals surface area contributed by atoms with Crippen molar-refractivity contribution in [2.75, 3.05) is 31.1 Å². The van der Waals surface area contributed by atoms with Gasteiger partial charge in [-0.05, 0) is 37.5 Å². The smallest absolute Gasteiger partial charge is 0.243 e. The second kappa shape index (κ2) is 6.22. The number of nitrogens with zero attached hydrogens (tertiary/aromatic N) is 2. The third kappa shape index (κ3) is 3.00. The predicted molar refractivity (Wildman–Crippen MR) is 89.0 cm³/mol. The first kappa shape index (κ1) is 16.4. The van der Waals surface area contributed by atoms with Crippen LogP contribution in [0.4, 0.5) is 5.69 Å². The van der Waals surface area contributed by atoms with E-state index in [1.54, 1.807) is 21.3 Å². The molecule has 2 aliphatic rings. The van der Waals surface area contributed by atoms with Gasteiger partial charge in [0.1, 0.15) is 0 Å². The predicted octanol–water partition coefficient (Wildman–Crippen LogP) is 0.968. The maximum absolute atomic E-state index is 13.0. The second-order valence-corrected chi connectivity index (χ2v) is 8.12. The molecule has 1 saturated heterocycles. The van der Waals surface area contributed by atoms with Gasteiger partial charge in [-0.25, -0.2) is 8.42 Å². The standard InChI is InChI=1S/C16H23N3O3S/c1-12-11-17-7-9-19(12)23(21,22)15-6-5-14-4-3-8-18(13(2)20)16(14)10-15/h5-6,10,12,17H,3-4,7-9,11H2,1-2H3. The number of anilines is 1. The first-order valence-electron chi connectivity index (χ1n) is 8.05. The van der Waals surface area contributed by atoms with E-state index >= 15 is 0 Å². The zero-order chi connectivity index (χ0) is 16.6. The highest BCUT2D eigenvalue weighted by molar-refractivity contribution is 7.89. The molecule has 0 radical (unpaired) electrons. The number of sulfonamides is 1. The Labute approximate surface area is 137 Å². The molecule has 6 nitrogen and oxygen atoms in total. The molecular weight excluding hydrogens is 314 g/mol. The largest absolute Gasteiger partial charge is 0.314 e. The lowest BCUT2D eigenvalue weighted by atomic mass is 10.0. The van der Waals surface area contributed by atoms with Crippen LogP contribution in [-0.2, 0) is 21.2 Å². The number of hydrogen-bond donors (Lipinski definition) is 1. The molecular formula is C16H23N3O3S. The summed E-state index contributed by atoms with van der Waals surface area (Å²) >= 11 is 0. The molecule has 0 aliphatic carbocycles. The van der Waals surface area contributed by atoms with Crippen LogP contribution in [0.5, 0.6) is 0 Å². The number of benzene rings is 1. The summed E-state index contributed by atoms with van der Waals surface area (Å²) in [5.41, 5.74) is 1.78. The lowest BCUT2D eigenvalue weighted by Gasteiger charge is -2.34. The van der Waals surface area contributed by atoms with E-state index in [2.05, 4.69) is 5.32 Å². The average molecular weight is 337 g/mol. The summed E-state index contributed by atoms with van der Waals surface area (Å²) in [6.45, 7) is 5.86. The molecule has 0 bridgehead atoms. The van der Waals surface area contributed by atoms with Crippen molar-refractivity contribution in [3.8, 4) is 0 Å². The van der Waals surface area contributed by atoms with Gasteiger partial charge in [-0.2, -0.15) is 4.31 Å². The topological polar surface area (TPSA) is 69.7 Å². The van der Waals surface area contributed by atoms with Crippen molar-refractivity contribution in [2.45, 2.75) is 37.6 Å². The molecule has 23 heavy (non-hydrogen) atoms. The summed E-state index contributed by atoms with van der Waals surface area (Å²) in [6, 6.07) is 5.12. The van der Waals surface area contributed by atoms with E-state index in [9.17, 15) is 13.2 Å². The molecule has 0 aromatic heterocycles. The van der Waals surface area contributed by atoms with E-state index < -0.39 is 10.0 Å².